The molecule has 1 amide bonds. The second-order valence-electron chi connectivity index (χ2n) is 5.90. The van der Waals surface area contributed by atoms with E-state index in [4.69, 9.17) is 4.74 Å². The number of fused-ring (bicyclic) bond motifs is 1. The normalized spacial score (nSPS) is 15.6. The maximum atomic E-state index is 12.1. The summed E-state index contributed by atoms with van der Waals surface area (Å²) in [5, 5.41) is 0. The molecule has 1 saturated heterocycles. The second-order valence-corrected chi connectivity index (χ2v) is 5.90. The predicted molar refractivity (Wildman–Crippen MR) is 84.8 cm³/mol. The van der Waals surface area contributed by atoms with E-state index in [1.54, 1.807) is 35.5 Å². The standard InChI is InChI=1S/C17H19N3O3/c1-12-4-8-20(9-5-12)16(21)11-23-17(22)13-2-3-14-15(10-13)19-7-6-18-14/h2-3,6-7,10,12H,4-5,8-9,11H2,1H3. The summed E-state index contributed by atoms with van der Waals surface area (Å²) in [5.74, 6) is 0.00224. The molecule has 3 rings (SSSR count). The molecular formula is C17H19N3O3. The number of ether oxygens (including phenoxy) is 1. The maximum Gasteiger partial charge on any atom is 0.338 e. The van der Waals surface area contributed by atoms with Gasteiger partial charge in [0.1, 0.15) is 0 Å². The summed E-state index contributed by atoms with van der Waals surface area (Å²) >= 11 is 0. The van der Waals surface area contributed by atoms with Gasteiger partial charge in [-0.25, -0.2) is 4.79 Å². The first kappa shape index (κ1) is 15.4. The summed E-state index contributed by atoms with van der Waals surface area (Å²) < 4.78 is 5.14. The molecule has 0 radical (unpaired) electrons. The second kappa shape index (κ2) is 6.73. The smallest absolute Gasteiger partial charge is 0.338 e. The number of amides is 1. The number of likely N-dealkylation sites (tertiary alicyclic amines) is 1. The van der Waals surface area contributed by atoms with E-state index >= 15 is 0 Å². The van der Waals surface area contributed by atoms with Crippen molar-refractivity contribution in [1.29, 1.82) is 0 Å². The SMILES string of the molecule is CC1CCN(C(=O)COC(=O)c2ccc3nccnc3c2)CC1. The molecule has 1 aliphatic heterocycles. The number of benzene rings is 1. The van der Waals surface area contributed by atoms with Gasteiger partial charge < -0.3 is 9.64 Å². The van der Waals surface area contributed by atoms with Crippen molar-refractivity contribution in [3.8, 4) is 0 Å². The average Bonchev–Trinajstić information content (AvgIpc) is 2.59. The van der Waals surface area contributed by atoms with Gasteiger partial charge in [-0.15, -0.1) is 0 Å². The first-order valence-corrected chi connectivity index (χ1v) is 7.79. The van der Waals surface area contributed by atoms with Gasteiger partial charge >= 0.3 is 5.97 Å². The number of aromatic nitrogens is 2. The Balaban J connectivity index is 1.58. The molecule has 6 nitrogen and oxygen atoms in total. The van der Waals surface area contributed by atoms with E-state index in [0.29, 0.717) is 22.5 Å². The average molecular weight is 313 g/mol. The van der Waals surface area contributed by atoms with Crippen LogP contribution in [-0.2, 0) is 9.53 Å². The van der Waals surface area contributed by atoms with E-state index in [-0.39, 0.29) is 12.5 Å². The van der Waals surface area contributed by atoms with E-state index in [9.17, 15) is 9.59 Å². The van der Waals surface area contributed by atoms with Crippen LogP contribution in [0.2, 0.25) is 0 Å². The molecule has 0 atom stereocenters. The molecule has 120 valence electrons. The van der Waals surface area contributed by atoms with Crippen LogP contribution in [0.15, 0.2) is 30.6 Å². The third kappa shape index (κ3) is 3.64. The molecule has 0 saturated carbocycles. The van der Waals surface area contributed by atoms with Crippen LogP contribution in [0.25, 0.3) is 11.0 Å². The van der Waals surface area contributed by atoms with Crippen molar-refractivity contribution in [2.45, 2.75) is 19.8 Å². The van der Waals surface area contributed by atoms with Crippen molar-refractivity contribution in [1.82, 2.24) is 14.9 Å². The van der Waals surface area contributed by atoms with Gasteiger partial charge in [0.15, 0.2) is 6.61 Å². The predicted octanol–water partition coefficient (Wildman–Crippen LogP) is 2.05. The molecule has 1 aromatic heterocycles. The number of nitrogens with zero attached hydrogens (tertiary/aromatic N) is 3. The summed E-state index contributed by atoms with van der Waals surface area (Å²) in [6.45, 7) is 3.45. The summed E-state index contributed by atoms with van der Waals surface area (Å²) in [6.07, 6.45) is 5.17. The lowest BCUT2D eigenvalue weighted by atomic mass is 9.99. The Morgan fingerprint density at radius 1 is 1.17 bits per heavy atom. The summed E-state index contributed by atoms with van der Waals surface area (Å²) in [4.78, 5) is 34.2. The Morgan fingerprint density at radius 3 is 2.61 bits per heavy atom. The Kier molecular flexibility index (Phi) is 4.50. The molecule has 0 bridgehead atoms. The van der Waals surface area contributed by atoms with Gasteiger partial charge in [-0.3, -0.25) is 14.8 Å². The first-order chi connectivity index (χ1) is 11.1. The maximum absolute atomic E-state index is 12.1. The minimum Gasteiger partial charge on any atom is -0.452 e. The van der Waals surface area contributed by atoms with Gasteiger partial charge in [0.25, 0.3) is 5.91 Å². The summed E-state index contributed by atoms with van der Waals surface area (Å²) in [6, 6.07) is 4.97. The van der Waals surface area contributed by atoms with Crippen LogP contribution in [-0.4, -0.2) is 46.4 Å². The monoisotopic (exact) mass is 313 g/mol. The largest absolute Gasteiger partial charge is 0.452 e. The topological polar surface area (TPSA) is 72.4 Å². The van der Waals surface area contributed by atoms with Crippen molar-refractivity contribution >= 4 is 22.9 Å². The summed E-state index contributed by atoms with van der Waals surface area (Å²) in [5.41, 5.74) is 1.71. The molecular weight excluding hydrogens is 294 g/mol. The van der Waals surface area contributed by atoms with E-state index in [2.05, 4.69) is 16.9 Å². The van der Waals surface area contributed by atoms with Gasteiger partial charge in [0.05, 0.1) is 16.6 Å². The fourth-order valence-electron chi connectivity index (χ4n) is 2.65. The molecule has 1 fully saturated rings. The molecule has 2 heterocycles. The van der Waals surface area contributed by atoms with Gasteiger partial charge in [0.2, 0.25) is 0 Å². The highest BCUT2D eigenvalue weighted by Gasteiger charge is 2.21. The number of carbonyl (C=O) groups is 2. The lowest BCUT2D eigenvalue weighted by Gasteiger charge is -2.30. The number of rotatable bonds is 3. The Hall–Kier alpha value is -2.50. The lowest BCUT2D eigenvalue weighted by Crippen LogP contribution is -2.40. The van der Waals surface area contributed by atoms with Gasteiger partial charge in [-0.05, 0) is 37.0 Å². The number of piperidine rings is 1. The fourth-order valence-corrected chi connectivity index (χ4v) is 2.65. The quantitative estimate of drug-likeness (QED) is 0.811. The van der Waals surface area contributed by atoms with Crippen LogP contribution < -0.4 is 0 Å². The zero-order valence-electron chi connectivity index (χ0n) is 13.1. The lowest BCUT2D eigenvalue weighted by molar-refractivity contribution is -0.135. The van der Waals surface area contributed by atoms with Crippen molar-refractivity contribution in [3.05, 3.63) is 36.2 Å². The van der Waals surface area contributed by atoms with E-state index < -0.39 is 5.97 Å². The Morgan fingerprint density at radius 2 is 1.87 bits per heavy atom. The van der Waals surface area contributed by atoms with Crippen molar-refractivity contribution in [2.75, 3.05) is 19.7 Å². The van der Waals surface area contributed by atoms with Crippen molar-refractivity contribution in [2.24, 2.45) is 5.92 Å². The van der Waals surface area contributed by atoms with Crippen LogP contribution in [0.5, 0.6) is 0 Å². The zero-order chi connectivity index (χ0) is 16.2. The van der Waals surface area contributed by atoms with Gasteiger partial charge in [-0.1, -0.05) is 6.92 Å². The van der Waals surface area contributed by atoms with Gasteiger partial charge in [-0.2, -0.15) is 0 Å². The molecule has 23 heavy (non-hydrogen) atoms. The molecule has 0 spiro atoms. The highest BCUT2D eigenvalue weighted by atomic mass is 16.5. The molecule has 6 heteroatoms. The van der Waals surface area contributed by atoms with Crippen molar-refractivity contribution < 1.29 is 14.3 Å². The molecule has 0 unspecified atom stereocenters. The third-order valence-electron chi connectivity index (χ3n) is 4.17. The molecule has 2 aromatic rings. The van der Waals surface area contributed by atoms with E-state index in [1.807, 2.05) is 0 Å². The molecule has 0 aliphatic carbocycles. The Labute approximate surface area is 134 Å². The highest BCUT2D eigenvalue weighted by Crippen LogP contribution is 2.16. The van der Waals surface area contributed by atoms with Crippen LogP contribution in [0.1, 0.15) is 30.1 Å². The third-order valence-corrected chi connectivity index (χ3v) is 4.17. The number of esters is 1. The van der Waals surface area contributed by atoms with Crippen LogP contribution >= 0.6 is 0 Å². The fraction of sp³-hybridized carbons (Fsp3) is 0.412. The van der Waals surface area contributed by atoms with Crippen LogP contribution in [0.4, 0.5) is 0 Å². The number of hydrogen-bond acceptors (Lipinski definition) is 5. The number of carbonyl (C=O) groups excluding carboxylic acids is 2. The molecule has 1 aromatic carbocycles. The minimum absolute atomic E-state index is 0.133. The van der Waals surface area contributed by atoms with Crippen LogP contribution in [0.3, 0.4) is 0 Å². The molecule has 1 aliphatic rings. The van der Waals surface area contributed by atoms with Gasteiger partial charge in [0, 0.05) is 25.5 Å². The Bertz CT molecular complexity index is 724. The molecule has 0 N–H and O–H groups in total. The van der Waals surface area contributed by atoms with E-state index in [1.165, 1.54) is 0 Å². The summed E-state index contributed by atoms with van der Waals surface area (Å²) in [7, 11) is 0. The van der Waals surface area contributed by atoms with E-state index in [0.717, 1.165) is 25.9 Å². The minimum atomic E-state index is -0.517. The van der Waals surface area contributed by atoms with Crippen LogP contribution in [0, 0.1) is 5.92 Å². The highest BCUT2D eigenvalue weighted by molar-refractivity contribution is 5.94. The van der Waals surface area contributed by atoms with Crippen molar-refractivity contribution in [3.63, 3.8) is 0 Å². The zero-order valence-corrected chi connectivity index (χ0v) is 13.1. The number of hydrogen-bond donors (Lipinski definition) is 0. The first-order valence-electron chi connectivity index (χ1n) is 7.79.